The van der Waals surface area contributed by atoms with E-state index in [4.69, 9.17) is 9.26 Å². The number of carboxylic acids is 1. The lowest BCUT2D eigenvalue weighted by Gasteiger charge is -2.35. The Bertz CT molecular complexity index is 823. The molecule has 0 aliphatic heterocycles. The van der Waals surface area contributed by atoms with Crippen molar-refractivity contribution in [1.82, 2.24) is 5.32 Å². The molecule has 3 N–H and O–H groups in total. The molecule has 0 bridgehead atoms. The van der Waals surface area contributed by atoms with Crippen LogP contribution in [0.5, 0.6) is 11.5 Å². The van der Waals surface area contributed by atoms with E-state index in [1.807, 2.05) is 13.8 Å². The minimum atomic E-state index is -2.64. The Morgan fingerprint density at radius 1 is 1.33 bits per heavy atom. The van der Waals surface area contributed by atoms with Gasteiger partial charge in [-0.25, -0.2) is 4.79 Å². The molecule has 4 atom stereocenters. The number of para-hydroxylation sites is 2. The van der Waals surface area contributed by atoms with Gasteiger partial charge in [-0.1, -0.05) is 30.7 Å². The van der Waals surface area contributed by atoms with E-state index in [-0.39, 0.29) is 35.5 Å². The van der Waals surface area contributed by atoms with Crippen molar-refractivity contribution in [3.8, 4) is 11.5 Å². The number of hydrogen-bond donors (Lipinski definition) is 3. The summed E-state index contributed by atoms with van der Waals surface area (Å²) in [4.78, 5) is 35.9. The minimum absolute atomic E-state index is 0.00641. The molecule has 10 heteroatoms. The number of aromatic hydroxyl groups is 1. The first-order valence-electron chi connectivity index (χ1n) is 9.75. The molecule has 2 rings (SSSR count). The summed E-state index contributed by atoms with van der Waals surface area (Å²) >= 11 is 0. The summed E-state index contributed by atoms with van der Waals surface area (Å²) in [6, 6.07) is 4.45. The third kappa shape index (κ3) is 6.52. The van der Waals surface area contributed by atoms with E-state index in [1.54, 1.807) is 12.1 Å². The fourth-order valence-electron chi connectivity index (χ4n) is 3.22. The van der Waals surface area contributed by atoms with Crippen LogP contribution in [0.25, 0.3) is 0 Å². The van der Waals surface area contributed by atoms with Gasteiger partial charge in [-0.15, -0.1) is 0 Å². The first-order valence-corrected chi connectivity index (χ1v) is 10.9. The number of nitrogens with one attached hydrogen (secondary N) is 1. The van der Waals surface area contributed by atoms with Crippen LogP contribution in [0, 0.1) is 0 Å². The molecule has 1 unspecified atom stereocenters. The summed E-state index contributed by atoms with van der Waals surface area (Å²) in [6.45, 7) is 5.23. The van der Waals surface area contributed by atoms with Crippen molar-refractivity contribution in [3.63, 3.8) is 0 Å². The number of phenolic OH excluding ortho intramolecular Hbond substituents is 1. The molecule has 1 aliphatic carbocycles. The third-order valence-corrected chi connectivity index (χ3v) is 5.59. The van der Waals surface area contributed by atoms with Gasteiger partial charge in [-0.3, -0.25) is 9.32 Å². The normalized spacial score (nSPS) is 21.8. The second-order valence-electron chi connectivity index (χ2n) is 6.95. The molecule has 0 radical (unpaired) electrons. The number of phenols is 1. The molecule has 9 nitrogen and oxygen atoms in total. The van der Waals surface area contributed by atoms with Gasteiger partial charge in [0, 0.05) is 18.9 Å². The van der Waals surface area contributed by atoms with E-state index in [0.717, 1.165) is 0 Å². The van der Waals surface area contributed by atoms with E-state index in [2.05, 4.69) is 10.1 Å². The second-order valence-corrected chi connectivity index (χ2v) is 7.84. The van der Waals surface area contributed by atoms with Gasteiger partial charge in [0.15, 0.2) is 5.75 Å². The van der Waals surface area contributed by atoms with Crippen LogP contribution in [0.4, 0.5) is 0 Å². The molecule has 0 aromatic heterocycles. The Labute approximate surface area is 176 Å². The highest BCUT2D eigenvalue weighted by molar-refractivity contribution is 7.34. The maximum absolute atomic E-state index is 12.5. The predicted octanol–water partition coefficient (Wildman–Crippen LogP) is 2.49. The average molecular weight is 438 g/mol. The van der Waals surface area contributed by atoms with E-state index in [9.17, 15) is 24.7 Å². The summed E-state index contributed by atoms with van der Waals surface area (Å²) in [5, 5.41) is 22.0. The van der Waals surface area contributed by atoms with Gasteiger partial charge in [0.25, 0.3) is 0 Å². The van der Waals surface area contributed by atoms with Crippen LogP contribution < -0.4 is 14.7 Å². The maximum Gasteiger partial charge on any atom is 0.395 e. The Morgan fingerprint density at radius 2 is 2.00 bits per heavy atom. The summed E-state index contributed by atoms with van der Waals surface area (Å²) in [6.07, 6.45) is 1.97. The van der Waals surface area contributed by atoms with Crippen LogP contribution in [-0.2, 0) is 14.3 Å². The Hall–Kier alpha value is -2.48. The lowest BCUT2D eigenvalue weighted by atomic mass is 9.88. The van der Waals surface area contributed by atoms with Gasteiger partial charge in [0.1, 0.15) is 6.04 Å². The summed E-state index contributed by atoms with van der Waals surface area (Å²) in [5.74, 6) is -1.68. The fourth-order valence-corrected chi connectivity index (χ4v) is 4.05. The number of hydrogen-bond acceptors (Lipinski definition) is 7. The van der Waals surface area contributed by atoms with Crippen LogP contribution in [-0.4, -0.2) is 46.4 Å². The third-order valence-electron chi connectivity index (χ3n) is 4.75. The Kier molecular flexibility index (Phi) is 8.77. The molecule has 0 fully saturated rings. The monoisotopic (exact) mass is 438 g/mol. The number of nitrogens with zero attached hydrogens (tertiary/aromatic N) is 1. The maximum atomic E-state index is 12.5. The number of rotatable bonds is 9. The highest BCUT2D eigenvalue weighted by Gasteiger charge is 2.39. The molecule has 1 aromatic carbocycles. The summed E-state index contributed by atoms with van der Waals surface area (Å²) in [7, 11) is -2.64. The number of amides is 1. The van der Waals surface area contributed by atoms with Crippen molar-refractivity contribution in [3.05, 3.63) is 35.9 Å². The van der Waals surface area contributed by atoms with Crippen LogP contribution in [0.2, 0.25) is 0 Å². The van der Waals surface area contributed by atoms with Crippen LogP contribution in [0.3, 0.4) is 0 Å². The zero-order valence-electron chi connectivity index (χ0n) is 17.1. The number of ether oxygens (including phenoxy) is 1. The lowest BCUT2D eigenvalue weighted by molar-refractivity contribution is -0.169. The standard InChI is InChI=1S/C20H27N2O7P/c1-4-14(5-2)28-18-11-13(20(25)26)10-15(19(18)21-12(3)23)22-30(27)29-17-9-7-6-8-16(17)24/h6-9,11,14-15,18-19,24H,4-5,10H2,1-3H3,(H,21,23)(H,25,26)/t15-,18+,19+/m0/s1. The smallest absolute Gasteiger partial charge is 0.395 e. The largest absolute Gasteiger partial charge is 0.575 e. The molecule has 164 valence electrons. The number of carboxylic acid groups (broad SMARTS) is 1. The molecular weight excluding hydrogens is 411 g/mol. The lowest BCUT2D eigenvalue weighted by Crippen LogP contribution is -2.53. The molecule has 1 aromatic rings. The fraction of sp³-hybridized carbons (Fsp3) is 0.500. The van der Waals surface area contributed by atoms with Crippen molar-refractivity contribution in [2.45, 2.75) is 64.3 Å². The average Bonchev–Trinajstić information content (AvgIpc) is 2.69. The van der Waals surface area contributed by atoms with Crippen LogP contribution in [0.15, 0.2) is 40.7 Å². The van der Waals surface area contributed by atoms with Crippen LogP contribution in [0.1, 0.15) is 40.0 Å². The SMILES string of the molecule is CCC(CC)O[C@@H]1C=C(C(=O)O)C[C@H](N=[P+]([O-])Oc2ccccc2O)[C@H]1NC(C)=O. The van der Waals surface area contributed by atoms with Crippen LogP contribution >= 0.6 is 8.17 Å². The minimum Gasteiger partial charge on any atom is -0.575 e. The number of carbonyl (C=O) groups excluding carboxylic acids is 1. The van der Waals surface area contributed by atoms with Crippen molar-refractivity contribution < 1.29 is 34.0 Å². The van der Waals surface area contributed by atoms with E-state index < -0.39 is 32.3 Å². The topological polar surface area (TPSA) is 141 Å². The zero-order valence-corrected chi connectivity index (χ0v) is 18.0. The molecule has 1 amide bonds. The molecule has 30 heavy (non-hydrogen) atoms. The molecular formula is C20H27N2O7P. The van der Waals surface area contributed by atoms with Crippen molar-refractivity contribution in [1.29, 1.82) is 0 Å². The molecule has 0 spiro atoms. The van der Waals surface area contributed by atoms with E-state index in [1.165, 1.54) is 25.1 Å². The second kappa shape index (κ2) is 11.1. The first kappa shape index (κ1) is 23.8. The van der Waals surface area contributed by atoms with Gasteiger partial charge < -0.3 is 25.2 Å². The van der Waals surface area contributed by atoms with Crippen molar-refractivity contribution in [2.75, 3.05) is 0 Å². The van der Waals surface area contributed by atoms with Crippen molar-refractivity contribution >= 4 is 20.0 Å². The van der Waals surface area contributed by atoms with Gasteiger partial charge >= 0.3 is 14.1 Å². The molecule has 1 aliphatic rings. The number of aliphatic carboxylic acids is 1. The van der Waals surface area contributed by atoms with Gasteiger partial charge in [-0.2, -0.15) is 0 Å². The Morgan fingerprint density at radius 3 is 2.57 bits per heavy atom. The quantitative estimate of drug-likeness (QED) is 0.503. The first-order chi connectivity index (χ1) is 14.2. The van der Waals surface area contributed by atoms with Crippen molar-refractivity contribution in [2.24, 2.45) is 4.74 Å². The predicted molar refractivity (Wildman–Crippen MR) is 109 cm³/mol. The molecule has 0 saturated heterocycles. The summed E-state index contributed by atoms with van der Waals surface area (Å²) in [5.41, 5.74) is 0.0623. The van der Waals surface area contributed by atoms with Gasteiger partial charge in [-0.05, 0) is 31.1 Å². The Balaban J connectivity index is 2.35. The molecule has 0 heterocycles. The summed E-state index contributed by atoms with van der Waals surface area (Å²) < 4.78 is 15.4. The zero-order chi connectivity index (χ0) is 22.3. The van der Waals surface area contributed by atoms with E-state index in [0.29, 0.717) is 12.8 Å². The highest BCUT2D eigenvalue weighted by Crippen LogP contribution is 2.34. The highest BCUT2D eigenvalue weighted by atomic mass is 31.1. The van der Waals surface area contributed by atoms with E-state index >= 15 is 0 Å². The number of benzene rings is 1. The van der Waals surface area contributed by atoms with Gasteiger partial charge in [0.05, 0.1) is 18.2 Å². The number of carbonyl (C=O) groups is 2. The molecule has 0 saturated carbocycles. The van der Waals surface area contributed by atoms with Gasteiger partial charge in [0.2, 0.25) is 11.7 Å².